The van der Waals surface area contributed by atoms with E-state index in [1.807, 2.05) is 13.8 Å². The van der Waals surface area contributed by atoms with Crippen LogP contribution in [0.2, 0.25) is 0 Å². The number of hydrogen-bond donors (Lipinski definition) is 1. The van der Waals surface area contributed by atoms with Crippen LogP contribution in [0.3, 0.4) is 0 Å². The van der Waals surface area contributed by atoms with Gasteiger partial charge in [0.1, 0.15) is 17.2 Å². The number of aromatic nitrogens is 2. The monoisotopic (exact) mass is 351 g/mol. The lowest BCUT2D eigenvalue weighted by Gasteiger charge is -2.06. The van der Waals surface area contributed by atoms with Gasteiger partial charge in [-0.15, -0.1) is 5.48 Å². The van der Waals surface area contributed by atoms with Crippen molar-refractivity contribution in [2.75, 3.05) is 6.54 Å². The third-order valence-electron chi connectivity index (χ3n) is 3.47. The van der Waals surface area contributed by atoms with Crippen molar-refractivity contribution >= 4 is 11.8 Å². The maximum Gasteiger partial charge on any atom is 0.360 e. The van der Waals surface area contributed by atoms with Gasteiger partial charge in [-0.1, -0.05) is 13.8 Å². The van der Waals surface area contributed by atoms with Crippen molar-refractivity contribution in [3.05, 3.63) is 52.9 Å². The van der Waals surface area contributed by atoms with E-state index in [4.69, 9.17) is 4.84 Å². The average molecular weight is 351 g/mol. The highest BCUT2D eigenvalue weighted by Crippen LogP contribution is 2.11. The van der Waals surface area contributed by atoms with Crippen LogP contribution in [0.15, 0.2) is 24.4 Å². The number of Topliss-reactive ketones (excluding diaryl/α,β-unsaturated/α-hetero) is 1. The molecule has 0 fully saturated rings. The van der Waals surface area contributed by atoms with Crippen molar-refractivity contribution in [1.29, 1.82) is 0 Å². The van der Waals surface area contributed by atoms with Crippen LogP contribution in [-0.4, -0.2) is 28.1 Å². The van der Waals surface area contributed by atoms with Gasteiger partial charge in [-0.3, -0.25) is 9.48 Å². The van der Waals surface area contributed by atoms with Crippen molar-refractivity contribution in [3.8, 4) is 0 Å². The molecular formula is C17H19F2N3O3. The quantitative estimate of drug-likeness (QED) is 0.585. The van der Waals surface area contributed by atoms with Gasteiger partial charge in [-0.2, -0.15) is 5.10 Å². The number of nitrogens with one attached hydrogen (secondary N) is 1. The first kappa shape index (κ1) is 18.7. The van der Waals surface area contributed by atoms with E-state index in [2.05, 4.69) is 10.6 Å². The van der Waals surface area contributed by atoms with Gasteiger partial charge in [0.25, 0.3) is 0 Å². The van der Waals surface area contributed by atoms with Gasteiger partial charge in [-0.25, -0.2) is 13.6 Å². The van der Waals surface area contributed by atoms with Crippen molar-refractivity contribution in [3.63, 3.8) is 0 Å². The normalized spacial score (nSPS) is 10.7. The molecule has 0 radical (unpaired) electrons. The molecule has 1 aromatic carbocycles. The van der Waals surface area contributed by atoms with Crippen molar-refractivity contribution < 1.29 is 23.2 Å². The number of rotatable bonds is 8. The number of ketones is 1. The Morgan fingerprint density at radius 1 is 1.24 bits per heavy atom. The lowest BCUT2D eigenvalue weighted by atomic mass is 10.1. The zero-order valence-corrected chi connectivity index (χ0v) is 14.0. The van der Waals surface area contributed by atoms with Gasteiger partial charge >= 0.3 is 5.97 Å². The predicted molar refractivity (Wildman–Crippen MR) is 86.0 cm³/mol. The van der Waals surface area contributed by atoms with Gasteiger partial charge in [0, 0.05) is 18.8 Å². The molecule has 0 aliphatic carbocycles. The fraction of sp³-hybridized carbons (Fsp3) is 0.353. The molecule has 8 heteroatoms. The molecule has 0 atom stereocenters. The Morgan fingerprint density at radius 2 is 2.00 bits per heavy atom. The third-order valence-corrected chi connectivity index (χ3v) is 3.47. The largest absolute Gasteiger partial charge is 0.366 e. The van der Waals surface area contributed by atoms with Gasteiger partial charge in [0.2, 0.25) is 0 Å². The van der Waals surface area contributed by atoms with Gasteiger partial charge in [0.15, 0.2) is 5.78 Å². The first-order valence-electron chi connectivity index (χ1n) is 7.94. The highest BCUT2D eigenvalue weighted by Gasteiger charge is 2.18. The standard InChI is InChI=1S/C17H19F2N3O3/c1-3-7-22-10-13(15(4-2)21-22)17(24)25-20-9-16(23)12-6-5-11(18)8-14(12)19/h5-6,8,10,20H,3-4,7,9H2,1-2H3. The molecule has 1 heterocycles. The van der Waals surface area contributed by atoms with Crippen LogP contribution >= 0.6 is 0 Å². The lowest BCUT2D eigenvalue weighted by Crippen LogP contribution is -2.27. The molecule has 0 aliphatic heterocycles. The Kier molecular flexibility index (Phi) is 6.35. The minimum Gasteiger partial charge on any atom is -0.366 e. The number of carbonyl (C=O) groups is 2. The van der Waals surface area contributed by atoms with Gasteiger partial charge in [0.05, 0.1) is 17.8 Å². The van der Waals surface area contributed by atoms with E-state index in [0.29, 0.717) is 30.3 Å². The molecule has 1 N–H and O–H groups in total. The summed E-state index contributed by atoms with van der Waals surface area (Å²) < 4.78 is 28.0. The van der Waals surface area contributed by atoms with E-state index in [0.717, 1.165) is 18.6 Å². The highest BCUT2D eigenvalue weighted by atomic mass is 19.1. The fourth-order valence-corrected chi connectivity index (χ4v) is 2.27. The average Bonchev–Trinajstić information content (AvgIpc) is 2.98. The lowest BCUT2D eigenvalue weighted by molar-refractivity contribution is 0.0258. The van der Waals surface area contributed by atoms with Crippen LogP contribution in [0.4, 0.5) is 8.78 Å². The van der Waals surface area contributed by atoms with Crippen LogP contribution in [-0.2, 0) is 17.8 Å². The van der Waals surface area contributed by atoms with Crippen LogP contribution in [0.5, 0.6) is 0 Å². The van der Waals surface area contributed by atoms with Crippen molar-refractivity contribution in [2.24, 2.45) is 0 Å². The van der Waals surface area contributed by atoms with Crippen LogP contribution in [0.1, 0.15) is 46.7 Å². The summed E-state index contributed by atoms with van der Waals surface area (Å²) in [6.07, 6.45) is 3.02. The number of halogens is 2. The summed E-state index contributed by atoms with van der Waals surface area (Å²) in [6, 6.07) is 2.65. The molecule has 0 amide bonds. The van der Waals surface area contributed by atoms with Crippen LogP contribution in [0, 0.1) is 11.6 Å². The van der Waals surface area contributed by atoms with Crippen molar-refractivity contribution in [2.45, 2.75) is 33.2 Å². The zero-order valence-electron chi connectivity index (χ0n) is 14.0. The summed E-state index contributed by atoms with van der Waals surface area (Å²) in [5.74, 6) is -3.08. The maximum atomic E-state index is 13.5. The minimum absolute atomic E-state index is 0.282. The first-order chi connectivity index (χ1) is 12.0. The Balaban J connectivity index is 1.95. The van der Waals surface area contributed by atoms with Gasteiger partial charge < -0.3 is 4.84 Å². The molecule has 0 saturated heterocycles. The molecular weight excluding hydrogens is 332 g/mol. The summed E-state index contributed by atoms with van der Waals surface area (Å²) in [5.41, 5.74) is 2.84. The molecule has 25 heavy (non-hydrogen) atoms. The molecule has 2 aromatic rings. The molecule has 134 valence electrons. The molecule has 0 bridgehead atoms. The Bertz CT molecular complexity index is 774. The first-order valence-corrected chi connectivity index (χ1v) is 7.94. The highest BCUT2D eigenvalue weighted by molar-refractivity contribution is 5.98. The summed E-state index contributed by atoms with van der Waals surface area (Å²) in [5, 5.41) is 4.29. The number of carbonyl (C=O) groups excluding carboxylic acids is 2. The minimum atomic E-state index is -0.966. The van der Waals surface area contributed by atoms with E-state index >= 15 is 0 Å². The number of hydrogen-bond acceptors (Lipinski definition) is 5. The van der Waals surface area contributed by atoms with E-state index in [1.165, 1.54) is 0 Å². The van der Waals surface area contributed by atoms with E-state index in [-0.39, 0.29) is 5.56 Å². The Hall–Kier alpha value is -2.61. The predicted octanol–water partition coefficient (Wildman–Crippen LogP) is 2.68. The number of benzene rings is 1. The number of nitrogens with zero attached hydrogens (tertiary/aromatic N) is 2. The topological polar surface area (TPSA) is 73.2 Å². The molecule has 0 saturated carbocycles. The second kappa shape index (κ2) is 8.48. The zero-order chi connectivity index (χ0) is 18.4. The summed E-state index contributed by atoms with van der Waals surface area (Å²) >= 11 is 0. The SMILES string of the molecule is CCCn1cc(C(=O)ONCC(=O)c2ccc(F)cc2F)c(CC)n1. The van der Waals surface area contributed by atoms with E-state index < -0.39 is 29.9 Å². The van der Waals surface area contributed by atoms with Crippen LogP contribution < -0.4 is 5.48 Å². The molecule has 1 aromatic heterocycles. The van der Waals surface area contributed by atoms with E-state index in [1.54, 1.807) is 10.9 Å². The second-order valence-electron chi connectivity index (χ2n) is 5.36. The van der Waals surface area contributed by atoms with Crippen molar-refractivity contribution in [1.82, 2.24) is 15.3 Å². The van der Waals surface area contributed by atoms with E-state index in [9.17, 15) is 18.4 Å². The molecule has 0 unspecified atom stereocenters. The summed E-state index contributed by atoms with van der Waals surface area (Å²) in [6.45, 7) is 4.10. The molecule has 0 aliphatic rings. The Labute approximate surface area is 143 Å². The molecule has 2 rings (SSSR count). The van der Waals surface area contributed by atoms with Gasteiger partial charge in [-0.05, 0) is 25.0 Å². The smallest absolute Gasteiger partial charge is 0.360 e. The fourth-order valence-electron chi connectivity index (χ4n) is 2.27. The summed E-state index contributed by atoms with van der Waals surface area (Å²) in [7, 11) is 0. The third kappa shape index (κ3) is 4.69. The summed E-state index contributed by atoms with van der Waals surface area (Å²) in [4.78, 5) is 28.8. The number of hydroxylamine groups is 1. The maximum absolute atomic E-state index is 13.5. The Morgan fingerprint density at radius 3 is 2.64 bits per heavy atom. The number of aryl methyl sites for hydroxylation is 2. The molecule has 0 spiro atoms. The molecule has 6 nitrogen and oxygen atoms in total. The van der Waals surface area contributed by atoms with Crippen LogP contribution in [0.25, 0.3) is 0 Å². The second-order valence-corrected chi connectivity index (χ2v) is 5.36.